The summed E-state index contributed by atoms with van der Waals surface area (Å²) in [5, 5.41) is 2.78. The zero-order chi connectivity index (χ0) is 15.5. The maximum absolute atomic E-state index is 12.9. The summed E-state index contributed by atoms with van der Waals surface area (Å²) < 4.78 is 36.9. The maximum Gasteiger partial charge on any atom is 0.235 e. The summed E-state index contributed by atoms with van der Waals surface area (Å²) >= 11 is 5.80. The van der Waals surface area contributed by atoms with Crippen molar-refractivity contribution >= 4 is 27.3 Å². The van der Waals surface area contributed by atoms with Crippen LogP contribution in [0.3, 0.4) is 0 Å². The van der Waals surface area contributed by atoms with Crippen LogP contribution in [0.2, 0.25) is 5.02 Å². The predicted molar refractivity (Wildman–Crippen MR) is 79.3 cm³/mol. The normalized spacial score (nSPS) is 16.1. The van der Waals surface area contributed by atoms with Gasteiger partial charge in [-0.2, -0.15) is 0 Å². The van der Waals surface area contributed by atoms with Crippen molar-refractivity contribution in [1.82, 2.24) is 5.32 Å². The van der Waals surface area contributed by atoms with Crippen LogP contribution >= 0.6 is 11.6 Å². The molecule has 0 atom stereocenters. The molecule has 4 nitrogen and oxygen atoms in total. The summed E-state index contributed by atoms with van der Waals surface area (Å²) in [6.45, 7) is 0. The second kappa shape index (κ2) is 6.75. The molecule has 0 bridgehead atoms. The average Bonchev–Trinajstić information content (AvgIpc) is 2.84. The van der Waals surface area contributed by atoms with Crippen molar-refractivity contribution in [2.45, 2.75) is 37.5 Å². The first-order valence-electron chi connectivity index (χ1n) is 6.79. The molecule has 0 unspecified atom stereocenters. The number of hydrogen-bond acceptors (Lipinski definition) is 3. The van der Waals surface area contributed by atoms with E-state index < -0.39 is 27.3 Å². The van der Waals surface area contributed by atoms with Gasteiger partial charge in [0.15, 0.2) is 9.84 Å². The Morgan fingerprint density at radius 2 is 2.00 bits per heavy atom. The molecule has 1 saturated carbocycles. The molecule has 0 aliphatic heterocycles. The zero-order valence-corrected chi connectivity index (χ0v) is 13.0. The van der Waals surface area contributed by atoms with E-state index in [1.165, 1.54) is 6.07 Å². The molecule has 0 saturated heterocycles. The van der Waals surface area contributed by atoms with Gasteiger partial charge in [0.05, 0.1) is 5.75 Å². The van der Waals surface area contributed by atoms with Gasteiger partial charge in [-0.25, -0.2) is 12.8 Å². The summed E-state index contributed by atoms with van der Waals surface area (Å²) in [7, 11) is -3.63. The largest absolute Gasteiger partial charge is 0.352 e. The molecule has 2 rings (SSSR count). The number of amides is 1. The average molecular weight is 334 g/mol. The lowest BCUT2D eigenvalue weighted by molar-refractivity contribution is -0.119. The lowest BCUT2D eigenvalue weighted by Crippen LogP contribution is -2.37. The van der Waals surface area contributed by atoms with Crippen LogP contribution in [0, 0.1) is 5.82 Å². The van der Waals surface area contributed by atoms with Crippen molar-refractivity contribution in [3.05, 3.63) is 34.6 Å². The van der Waals surface area contributed by atoms with E-state index in [0.29, 0.717) is 5.56 Å². The Kier molecular flexibility index (Phi) is 5.22. The van der Waals surface area contributed by atoms with Gasteiger partial charge in [-0.05, 0) is 30.5 Å². The van der Waals surface area contributed by atoms with E-state index in [4.69, 9.17) is 11.6 Å². The lowest BCUT2D eigenvalue weighted by Gasteiger charge is -2.12. The van der Waals surface area contributed by atoms with E-state index in [9.17, 15) is 17.6 Å². The third kappa shape index (κ3) is 4.97. The second-order valence-electron chi connectivity index (χ2n) is 5.32. The van der Waals surface area contributed by atoms with Gasteiger partial charge in [0.25, 0.3) is 0 Å². The van der Waals surface area contributed by atoms with Gasteiger partial charge in [0.1, 0.15) is 11.6 Å². The minimum absolute atomic E-state index is 0.0507. The monoisotopic (exact) mass is 333 g/mol. The smallest absolute Gasteiger partial charge is 0.235 e. The minimum atomic E-state index is -3.63. The van der Waals surface area contributed by atoms with Crippen LogP contribution in [-0.4, -0.2) is 26.1 Å². The third-order valence-electron chi connectivity index (χ3n) is 3.46. The van der Waals surface area contributed by atoms with E-state index in [2.05, 4.69) is 5.32 Å². The summed E-state index contributed by atoms with van der Waals surface area (Å²) in [6.07, 6.45) is 3.91. The van der Waals surface area contributed by atoms with E-state index in [1.54, 1.807) is 0 Å². The van der Waals surface area contributed by atoms with Gasteiger partial charge in [-0.15, -0.1) is 0 Å². The second-order valence-corrected chi connectivity index (χ2v) is 7.79. The minimum Gasteiger partial charge on any atom is -0.352 e. The first-order chi connectivity index (χ1) is 9.85. The highest BCUT2D eigenvalue weighted by molar-refractivity contribution is 7.91. The van der Waals surface area contributed by atoms with Gasteiger partial charge in [-0.1, -0.05) is 30.5 Å². The molecule has 1 aliphatic rings. The molecule has 21 heavy (non-hydrogen) atoms. The van der Waals surface area contributed by atoms with Crippen LogP contribution in [-0.2, 0) is 20.4 Å². The number of sulfone groups is 1. The van der Waals surface area contributed by atoms with E-state index in [-0.39, 0.29) is 16.8 Å². The molecule has 1 aliphatic carbocycles. The number of rotatable bonds is 5. The van der Waals surface area contributed by atoms with Crippen LogP contribution in [0.5, 0.6) is 0 Å². The molecule has 1 aromatic rings. The first kappa shape index (κ1) is 16.2. The molecule has 0 radical (unpaired) electrons. The zero-order valence-electron chi connectivity index (χ0n) is 11.4. The van der Waals surface area contributed by atoms with Crippen LogP contribution in [0.4, 0.5) is 4.39 Å². The number of nitrogens with one attached hydrogen (secondary N) is 1. The summed E-state index contributed by atoms with van der Waals surface area (Å²) in [4.78, 5) is 11.8. The first-order valence-corrected chi connectivity index (χ1v) is 8.99. The predicted octanol–water partition coefficient (Wildman–Crippen LogP) is 2.45. The maximum atomic E-state index is 12.9. The van der Waals surface area contributed by atoms with E-state index >= 15 is 0 Å². The van der Waals surface area contributed by atoms with Gasteiger partial charge < -0.3 is 5.32 Å². The Labute approximate surface area is 128 Å². The molecule has 1 fully saturated rings. The van der Waals surface area contributed by atoms with Crippen LogP contribution in [0.1, 0.15) is 31.2 Å². The number of hydrogen-bond donors (Lipinski definition) is 1. The topological polar surface area (TPSA) is 63.2 Å². The van der Waals surface area contributed by atoms with Crippen molar-refractivity contribution < 1.29 is 17.6 Å². The fourth-order valence-electron chi connectivity index (χ4n) is 2.47. The lowest BCUT2D eigenvalue weighted by atomic mass is 10.2. The van der Waals surface area contributed by atoms with Crippen molar-refractivity contribution in [3.63, 3.8) is 0 Å². The standard InChI is InChI=1S/C14H17ClFNO3S/c15-13-7-11(16)6-5-10(13)8-21(19,20)9-14(18)17-12-3-1-2-4-12/h5-7,12H,1-4,8-9H2,(H,17,18). The molecule has 1 N–H and O–H groups in total. The molecular weight excluding hydrogens is 317 g/mol. The van der Waals surface area contributed by atoms with Crippen molar-refractivity contribution in [2.75, 3.05) is 5.75 Å². The number of benzene rings is 1. The Morgan fingerprint density at radius 3 is 2.62 bits per heavy atom. The van der Waals surface area contributed by atoms with Crippen molar-refractivity contribution in [2.24, 2.45) is 0 Å². The highest BCUT2D eigenvalue weighted by atomic mass is 35.5. The fraction of sp³-hybridized carbons (Fsp3) is 0.500. The quantitative estimate of drug-likeness (QED) is 0.900. The number of carbonyl (C=O) groups excluding carboxylic acids is 1. The molecule has 0 aromatic heterocycles. The number of halogens is 2. The van der Waals surface area contributed by atoms with Crippen LogP contribution in [0.15, 0.2) is 18.2 Å². The summed E-state index contributed by atoms with van der Waals surface area (Å²) in [5.41, 5.74) is 0.298. The molecule has 1 amide bonds. The van der Waals surface area contributed by atoms with E-state index in [1.807, 2.05) is 0 Å². The number of carbonyl (C=O) groups is 1. The Bertz CT molecular complexity index is 627. The molecule has 7 heteroatoms. The Hall–Kier alpha value is -1.14. The Morgan fingerprint density at radius 1 is 1.33 bits per heavy atom. The van der Waals surface area contributed by atoms with Gasteiger partial charge in [0.2, 0.25) is 5.91 Å². The van der Waals surface area contributed by atoms with E-state index in [0.717, 1.165) is 37.8 Å². The third-order valence-corrected chi connectivity index (χ3v) is 5.27. The SMILES string of the molecule is O=C(CS(=O)(=O)Cc1ccc(F)cc1Cl)NC1CCCC1. The molecule has 0 heterocycles. The van der Waals surface area contributed by atoms with Crippen molar-refractivity contribution in [3.8, 4) is 0 Å². The van der Waals surface area contributed by atoms with Gasteiger partial charge in [0, 0.05) is 11.1 Å². The molecular formula is C14H17ClFNO3S. The highest BCUT2D eigenvalue weighted by Gasteiger charge is 2.22. The fourth-order valence-corrected chi connectivity index (χ4v) is 4.09. The highest BCUT2D eigenvalue weighted by Crippen LogP contribution is 2.20. The van der Waals surface area contributed by atoms with Crippen molar-refractivity contribution in [1.29, 1.82) is 0 Å². The van der Waals surface area contributed by atoms with Gasteiger partial charge >= 0.3 is 0 Å². The molecule has 0 spiro atoms. The Balaban J connectivity index is 1.96. The van der Waals surface area contributed by atoms with Gasteiger partial charge in [-0.3, -0.25) is 4.79 Å². The molecule has 116 valence electrons. The summed E-state index contributed by atoms with van der Waals surface area (Å²) in [6, 6.07) is 3.62. The van der Waals surface area contributed by atoms with Crippen LogP contribution in [0.25, 0.3) is 0 Å². The van der Waals surface area contributed by atoms with Crippen LogP contribution < -0.4 is 5.32 Å². The summed E-state index contributed by atoms with van der Waals surface area (Å²) in [5.74, 6) is -1.96. The molecule has 1 aromatic carbocycles.